The molecule has 1 N–H and O–H groups in total. The van der Waals surface area contributed by atoms with E-state index in [-0.39, 0.29) is 43.6 Å². The van der Waals surface area contributed by atoms with Crippen LogP contribution in [0.2, 0.25) is 0 Å². The van der Waals surface area contributed by atoms with E-state index in [1.807, 2.05) is 0 Å². The number of esters is 2. The molecule has 1 amide bonds. The second-order valence-electron chi connectivity index (χ2n) is 5.91. The van der Waals surface area contributed by atoms with E-state index in [0.717, 1.165) is 5.39 Å². The molecule has 0 bridgehead atoms. The molecule has 1 aliphatic heterocycles. The first kappa shape index (κ1) is 19.8. The van der Waals surface area contributed by atoms with Gasteiger partial charge in [-0.1, -0.05) is 11.8 Å². The number of nitrogens with zero attached hydrogens (tertiary/aromatic N) is 1. The van der Waals surface area contributed by atoms with E-state index in [1.165, 1.54) is 41.1 Å². The van der Waals surface area contributed by atoms with Crippen LogP contribution in [0.5, 0.6) is 5.75 Å². The van der Waals surface area contributed by atoms with E-state index in [9.17, 15) is 19.5 Å². The van der Waals surface area contributed by atoms with E-state index in [2.05, 4.69) is 0 Å². The van der Waals surface area contributed by atoms with Crippen molar-refractivity contribution >= 4 is 40.6 Å². The quantitative estimate of drug-likeness (QED) is 0.552. The Morgan fingerprint density at radius 1 is 1.36 bits per heavy atom. The van der Waals surface area contributed by atoms with E-state index in [4.69, 9.17) is 13.9 Å². The van der Waals surface area contributed by atoms with E-state index < -0.39 is 11.9 Å². The number of phenolic OH excluding ortho intramolecular Hbond substituents is 1. The molecule has 1 aromatic carbocycles. The highest BCUT2D eigenvalue weighted by Gasteiger charge is 2.27. The van der Waals surface area contributed by atoms with E-state index >= 15 is 0 Å². The van der Waals surface area contributed by atoms with Gasteiger partial charge in [-0.25, -0.2) is 4.79 Å². The van der Waals surface area contributed by atoms with Crippen LogP contribution in [-0.2, 0) is 30.3 Å². The first-order valence-electron chi connectivity index (χ1n) is 8.64. The van der Waals surface area contributed by atoms with Crippen molar-refractivity contribution in [2.24, 2.45) is 0 Å². The van der Waals surface area contributed by atoms with Crippen LogP contribution in [0, 0.1) is 0 Å². The molecule has 0 radical (unpaired) electrons. The molecule has 8 nitrogen and oxygen atoms in total. The molecule has 1 saturated heterocycles. The third-order valence-corrected chi connectivity index (χ3v) is 5.02. The summed E-state index contributed by atoms with van der Waals surface area (Å²) >= 11 is 1.24. The summed E-state index contributed by atoms with van der Waals surface area (Å²) in [4.78, 5) is 37.1. The molecule has 148 valence electrons. The summed E-state index contributed by atoms with van der Waals surface area (Å²) in [6, 6.07) is 4.66. The third kappa shape index (κ3) is 4.66. The number of phenols is 1. The monoisotopic (exact) mass is 405 g/mol. The average Bonchev–Trinajstić information content (AvgIpc) is 3.19. The second kappa shape index (κ2) is 8.83. The molecule has 1 aromatic heterocycles. The molecule has 1 fully saturated rings. The summed E-state index contributed by atoms with van der Waals surface area (Å²) in [6.45, 7) is 2.11. The second-order valence-corrected chi connectivity index (χ2v) is 6.90. The number of furan rings is 1. The van der Waals surface area contributed by atoms with Crippen molar-refractivity contribution in [3.05, 3.63) is 41.1 Å². The van der Waals surface area contributed by atoms with Gasteiger partial charge in [-0.05, 0) is 19.1 Å². The van der Waals surface area contributed by atoms with Crippen LogP contribution in [-0.4, -0.2) is 53.4 Å². The Bertz CT molecular complexity index is 934. The van der Waals surface area contributed by atoms with Crippen molar-refractivity contribution in [3.63, 3.8) is 0 Å². The number of thioether (sulfide) groups is 1. The van der Waals surface area contributed by atoms with Crippen molar-refractivity contribution in [3.8, 4) is 5.75 Å². The zero-order valence-corrected chi connectivity index (χ0v) is 16.0. The smallest absolute Gasteiger partial charge is 0.333 e. The fourth-order valence-corrected chi connectivity index (χ4v) is 3.68. The highest BCUT2D eigenvalue weighted by atomic mass is 32.2. The Morgan fingerprint density at radius 3 is 2.96 bits per heavy atom. The van der Waals surface area contributed by atoms with Crippen molar-refractivity contribution in [2.45, 2.75) is 13.3 Å². The number of aromatic hydroxyl groups is 1. The molecular weight excluding hydrogens is 386 g/mol. The van der Waals surface area contributed by atoms with Crippen LogP contribution in [0.15, 0.2) is 40.0 Å². The van der Waals surface area contributed by atoms with Crippen LogP contribution in [0.3, 0.4) is 0 Å². The molecule has 0 saturated carbocycles. The van der Waals surface area contributed by atoms with Gasteiger partial charge in [0.05, 0.1) is 42.7 Å². The molecule has 2 heterocycles. The summed E-state index contributed by atoms with van der Waals surface area (Å²) in [7, 11) is 0. The molecule has 9 heteroatoms. The number of carbonyl (C=O) groups excluding carboxylic acids is 3. The lowest BCUT2D eigenvalue weighted by atomic mass is 10.1. The summed E-state index contributed by atoms with van der Waals surface area (Å²) in [5.74, 6) is -0.828. The summed E-state index contributed by atoms with van der Waals surface area (Å²) in [6.07, 6.45) is 2.73. The maximum absolute atomic E-state index is 12.1. The zero-order chi connectivity index (χ0) is 20.1. The maximum Gasteiger partial charge on any atom is 0.333 e. The van der Waals surface area contributed by atoms with Crippen LogP contribution in [0.25, 0.3) is 11.0 Å². The third-order valence-electron chi connectivity index (χ3n) is 3.99. The van der Waals surface area contributed by atoms with Crippen LogP contribution in [0.1, 0.15) is 12.5 Å². The lowest BCUT2D eigenvalue weighted by Crippen LogP contribution is -2.29. The minimum Gasteiger partial charge on any atom is -0.508 e. The number of fused-ring (bicyclic) bond motifs is 1. The Labute approximate surface area is 165 Å². The lowest BCUT2D eigenvalue weighted by Gasteiger charge is -2.16. The normalized spacial score (nSPS) is 15.4. The molecular formula is C19H19NO7S. The molecule has 28 heavy (non-hydrogen) atoms. The van der Waals surface area contributed by atoms with Crippen molar-refractivity contribution in [2.75, 3.05) is 25.5 Å². The molecule has 2 aromatic rings. The highest BCUT2D eigenvalue weighted by Crippen LogP contribution is 2.28. The SMILES string of the molecule is CCOC(=O)/C=C1\SCC(=O)N1CCOC(=O)Cc1coc2cc(O)ccc12. The van der Waals surface area contributed by atoms with Gasteiger partial charge in [-0.15, -0.1) is 0 Å². The number of hydrogen-bond acceptors (Lipinski definition) is 8. The van der Waals surface area contributed by atoms with Gasteiger partial charge in [0.25, 0.3) is 0 Å². The Hall–Kier alpha value is -2.94. The molecule has 0 spiro atoms. The number of amides is 1. The Kier molecular flexibility index (Phi) is 6.25. The number of carbonyl (C=O) groups is 3. The van der Waals surface area contributed by atoms with Gasteiger partial charge in [0.15, 0.2) is 0 Å². The van der Waals surface area contributed by atoms with Gasteiger partial charge in [-0.3, -0.25) is 9.59 Å². The minimum atomic E-state index is -0.514. The number of ether oxygens (including phenoxy) is 2. The molecule has 3 rings (SSSR count). The Balaban J connectivity index is 1.54. The predicted molar refractivity (Wildman–Crippen MR) is 101 cm³/mol. The van der Waals surface area contributed by atoms with Gasteiger partial charge in [0.1, 0.15) is 17.9 Å². The molecule has 1 aliphatic rings. The van der Waals surface area contributed by atoms with E-state index in [0.29, 0.717) is 16.2 Å². The number of benzene rings is 1. The van der Waals surface area contributed by atoms with Gasteiger partial charge in [-0.2, -0.15) is 0 Å². The van der Waals surface area contributed by atoms with Crippen molar-refractivity contribution in [1.82, 2.24) is 4.90 Å². The van der Waals surface area contributed by atoms with Crippen LogP contribution in [0.4, 0.5) is 0 Å². The Morgan fingerprint density at radius 2 is 2.18 bits per heavy atom. The first-order chi connectivity index (χ1) is 13.5. The molecule has 0 atom stereocenters. The summed E-state index contributed by atoms with van der Waals surface area (Å²) in [5, 5.41) is 10.7. The first-order valence-corrected chi connectivity index (χ1v) is 9.63. The van der Waals surface area contributed by atoms with Crippen LogP contribution >= 0.6 is 11.8 Å². The zero-order valence-electron chi connectivity index (χ0n) is 15.2. The fourth-order valence-electron chi connectivity index (χ4n) is 2.72. The summed E-state index contributed by atoms with van der Waals surface area (Å²) < 4.78 is 15.4. The number of hydrogen-bond donors (Lipinski definition) is 1. The summed E-state index contributed by atoms with van der Waals surface area (Å²) in [5.41, 5.74) is 1.13. The largest absolute Gasteiger partial charge is 0.508 e. The maximum atomic E-state index is 12.1. The minimum absolute atomic E-state index is 0.00186. The molecule has 0 unspecified atom stereocenters. The van der Waals surface area contributed by atoms with Crippen LogP contribution < -0.4 is 0 Å². The van der Waals surface area contributed by atoms with Crippen molar-refractivity contribution < 1.29 is 33.4 Å². The van der Waals surface area contributed by atoms with E-state index in [1.54, 1.807) is 13.0 Å². The lowest BCUT2D eigenvalue weighted by molar-refractivity contribution is -0.144. The fraction of sp³-hybridized carbons (Fsp3) is 0.316. The molecule has 0 aliphatic carbocycles. The van der Waals surface area contributed by atoms with Gasteiger partial charge in [0.2, 0.25) is 5.91 Å². The average molecular weight is 405 g/mol. The standard InChI is InChI=1S/C19H19NO7S/c1-2-25-19(24)9-17-20(16(22)11-28-17)5-6-26-18(23)7-12-10-27-15-8-13(21)3-4-14(12)15/h3-4,8-10,21H,2,5-7,11H2,1H3/b17-9-. The van der Waals surface area contributed by atoms with Crippen molar-refractivity contribution in [1.29, 1.82) is 0 Å². The predicted octanol–water partition coefficient (Wildman–Crippen LogP) is 2.20. The van der Waals surface area contributed by atoms with Gasteiger partial charge in [0, 0.05) is 17.0 Å². The topological polar surface area (TPSA) is 106 Å². The number of rotatable bonds is 7. The van der Waals surface area contributed by atoms with Gasteiger partial charge >= 0.3 is 11.9 Å². The van der Waals surface area contributed by atoms with Gasteiger partial charge < -0.3 is 23.9 Å². The highest BCUT2D eigenvalue weighted by molar-refractivity contribution is 8.04.